The first-order valence-electron chi connectivity index (χ1n) is 8.88. The average molecular weight is 424 g/mol. The molecule has 9 heteroatoms. The molecule has 0 bridgehead atoms. The van der Waals surface area contributed by atoms with Crippen molar-refractivity contribution in [3.05, 3.63) is 57.1 Å². The summed E-state index contributed by atoms with van der Waals surface area (Å²) < 4.78 is 23.3. The lowest BCUT2D eigenvalue weighted by Gasteiger charge is -2.21. The summed E-state index contributed by atoms with van der Waals surface area (Å²) in [6, 6.07) is 9.78. The van der Waals surface area contributed by atoms with Gasteiger partial charge in [0.05, 0.1) is 9.82 Å². The maximum Gasteiger partial charge on any atom is 0.293 e. The zero-order valence-electron chi connectivity index (χ0n) is 15.7. The summed E-state index contributed by atoms with van der Waals surface area (Å²) in [5, 5.41) is 15.2. The minimum atomic E-state index is -3.50. The van der Waals surface area contributed by atoms with E-state index in [2.05, 4.69) is 10.2 Å². The van der Waals surface area contributed by atoms with E-state index < -0.39 is 14.8 Å². The van der Waals surface area contributed by atoms with Gasteiger partial charge in [0.25, 0.3) is 5.69 Å². The zero-order chi connectivity index (χ0) is 20.5. The van der Waals surface area contributed by atoms with Gasteiger partial charge in [-0.3, -0.25) is 10.1 Å². The molecule has 0 aromatic heterocycles. The SMILES string of the molecule is Cc1ccc(Cl)cc1N1CCC(CNc2ccc(S(C)(=O)=O)cc2[N+](=O)[O-])C1. The number of nitrogens with one attached hydrogen (secondary N) is 1. The number of benzene rings is 2. The Morgan fingerprint density at radius 2 is 2.04 bits per heavy atom. The van der Waals surface area contributed by atoms with Crippen molar-refractivity contribution in [1.29, 1.82) is 0 Å². The Balaban J connectivity index is 1.70. The normalized spacial score (nSPS) is 17.0. The smallest absolute Gasteiger partial charge is 0.293 e. The van der Waals surface area contributed by atoms with E-state index in [1.807, 2.05) is 25.1 Å². The van der Waals surface area contributed by atoms with Crippen LogP contribution < -0.4 is 10.2 Å². The highest BCUT2D eigenvalue weighted by Crippen LogP contribution is 2.31. The van der Waals surface area contributed by atoms with Crippen LogP contribution in [0.25, 0.3) is 0 Å². The van der Waals surface area contributed by atoms with Gasteiger partial charge in [-0.15, -0.1) is 0 Å². The molecule has 1 N–H and O–H groups in total. The number of halogens is 1. The largest absolute Gasteiger partial charge is 0.379 e. The lowest BCUT2D eigenvalue weighted by molar-refractivity contribution is -0.384. The van der Waals surface area contributed by atoms with Gasteiger partial charge in [-0.05, 0) is 49.1 Å². The molecule has 28 heavy (non-hydrogen) atoms. The van der Waals surface area contributed by atoms with E-state index in [1.165, 1.54) is 12.1 Å². The van der Waals surface area contributed by atoms with E-state index in [-0.39, 0.29) is 10.6 Å². The number of nitrogens with zero attached hydrogens (tertiary/aromatic N) is 2. The Labute approximate surface area is 169 Å². The number of nitro benzene ring substituents is 1. The highest BCUT2D eigenvalue weighted by atomic mass is 35.5. The molecule has 3 rings (SSSR count). The van der Waals surface area contributed by atoms with Gasteiger partial charge < -0.3 is 10.2 Å². The van der Waals surface area contributed by atoms with Crippen molar-refractivity contribution in [2.75, 3.05) is 36.1 Å². The second kappa shape index (κ2) is 7.97. The van der Waals surface area contributed by atoms with E-state index in [0.29, 0.717) is 23.2 Å². The summed E-state index contributed by atoms with van der Waals surface area (Å²) in [5.74, 6) is 0.313. The Morgan fingerprint density at radius 3 is 2.71 bits per heavy atom. The average Bonchev–Trinajstić information content (AvgIpc) is 3.09. The predicted octanol–water partition coefficient (Wildman–Crippen LogP) is 3.90. The minimum Gasteiger partial charge on any atom is -0.379 e. The third-order valence-corrected chi connectivity index (χ3v) is 6.32. The Hall–Kier alpha value is -2.32. The molecule has 1 unspecified atom stereocenters. The molecule has 1 saturated heterocycles. The monoisotopic (exact) mass is 423 g/mol. The van der Waals surface area contributed by atoms with Gasteiger partial charge in [-0.2, -0.15) is 0 Å². The molecule has 1 heterocycles. The molecule has 1 aliphatic heterocycles. The molecule has 0 aliphatic carbocycles. The lowest BCUT2D eigenvalue weighted by Crippen LogP contribution is -2.23. The van der Waals surface area contributed by atoms with Crippen LogP contribution >= 0.6 is 11.6 Å². The second-order valence-corrected chi connectivity index (χ2v) is 9.57. The number of rotatable bonds is 6. The number of sulfone groups is 1. The first-order chi connectivity index (χ1) is 13.1. The molecule has 1 fully saturated rings. The van der Waals surface area contributed by atoms with E-state index in [1.54, 1.807) is 0 Å². The summed E-state index contributed by atoms with van der Waals surface area (Å²) in [4.78, 5) is 13.0. The van der Waals surface area contributed by atoms with Gasteiger partial charge in [-0.1, -0.05) is 17.7 Å². The maximum absolute atomic E-state index is 11.7. The first kappa shape index (κ1) is 20.4. The molecule has 0 radical (unpaired) electrons. The van der Waals surface area contributed by atoms with Gasteiger partial charge in [0.2, 0.25) is 0 Å². The van der Waals surface area contributed by atoms with Crippen molar-refractivity contribution in [2.24, 2.45) is 5.92 Å². The molecule has 2 aromatic rings. The highest BCUT2D eigenvalue weighted by Gasteiger charge is 2.25. The molecule has 0 spiro atoms. The summed E-state index contributed by atoms with van der Waals surface area (Å²) in [6.07, 6.45) is 1.98. The van der Waals surface area contributed by atoms with Crippen LogP contribution in [0.2, 0.25) is 5.02 Å². The van der Waals surface area contributed by atoms with Crippen molar-refractivity contribution < 1.29 is 13.3 Å². The third kappa shape index (κ3) is 4.56. The first-order valence-corrected chi connectivity index (χ1v) is 11.2. The fourth-order valence-electron chi connectivity index (χ4n) is 3.44. The Bertz CT molecular complexity index is 1010. The fraction of sp³-hybridized carbons (Fsp3) is 0.368. The molecule has 1 aliphatic rings. The molecule has 0 saturated carbocycles. The molecule has 0 amide bonds. The fourth-order valence-corrected chi connectivity index (χ4v) is 4.25. The third-order valence-electron chi connectivity index (χ3n) is 4.97. The van der Waals surface area contributed by atoms with Crippen LogP contribution in [-0.4, -0.2) is 39.2 Å². The van der Waals surface area contributed by atoms with Crippen LogP contribution in [0.15, 0.2) is 41.3 Å². The summed E-state index contributed by atoms with van der Waals surface area (Å²) in [7, 11) is -3.50. The van der Waals surface area contributed by atoms with Gasteiger partial charge in [0, 0.05) is 42.7 Å². The molecular formula is C19H22ClN3O4S. The molecule has 7 nitrogen and oxygen atoms in total. The zero-order valence-corrected chi connectivity index (χ0v) is 17.3. The molecule has 2 aromatic carbocycles. The van der Waals surface area contributed by atoms with Gasteiger partial charge in [0.15, 0.2) is 9.84 Å². The van der Waals surface area contributed by atoms with Crippen LogP contribution in [0.5, 0.6) is 0 Å². The van der Waals surface area contributed by atoms with Gasteiger partial charge >= 0.3 is 0 Å². The van der Waals surface area contributed by atoms with Crippen molar-refractivity contribution in [3.63, 3.8) is 0 Å². The van der Waals surface area contributed by atoms with E-state index in [4.69, 9.17) is 11.6 Å². The van der Waals surface area contributed by atoms with Gasteiger partial charge in [0.1, 0.15) is 5.69 Å². The number of aryl methyl sites for hydroxylation is 1. The number of anilines is 2. The van der Waals surface area contributed by atoms with Gasteiger partial charge in [-0.25, -0.2) is 8.42 Å². The lowest BCUT2D eigenvalue weighted by atomic mass is 10.1. The van der Waals surface area contributed by atoms with E-state index in [9.17, 15) is 18.5 Å². The van der Waals surface area contributed by atoms with E-state index >= 15 is 0 Å². The summed E-state index contributed by atoms with van der Waals surface area (Å²) >= 11 is 6.12. The number of hydrogen-bond donors (Lipinski definition) is 1. The van der Waals surface area contributed by atoms with Crippen LogP contribution in [0.1, 0.15) is 12.0 Å². The number of nitro groups is 1. The minimum absolute atomic E-state index is 0.0618. The quantitative estimate of drug-likeness (QED) is 0.559. The molecular weight excluding hydrogens is 402 g/mol. The summed E-state index contributed by atoms with van der Waals surface area (Å²) in [5.41, 5.74) is 2.36. The van der Waals surface area contributed by atoms with Crippen LogP contribution in [-0.2, 0) is 9.84 Å². The summed E-state index contributed by atoms with van der Waals surface area (Å²) in [6.45, 7) is 4.32. The highest BCUT2D eigenvalue weighted by molar-refractivity contribution is 7.90. The van der Waals surface area contributed by atoms with Crippen molar-refractivity contribution in [2.45, 2.75) is 18.2 Å². The molecule has 150 valence electrons. The van der Waals surface area contributed by atoms with E-state index in [0.717, 1.165) is 43.1 Å². The van der Waals surface area contributed by atoms with Crippen molar-refractivity contribution in [1.82, 2.24) is 0 Å². The van der Waals surface area contributed by atoms with Crippen LogP contribution in [0.4, 0.5) is 17.1 Å². The Morgan fingerprint density at radius 1 is 1.29 bits per heavy atom. The van der Waals surface area contributed by atoms with Crippen LogP contribution in [0, 0.1) is 23.0 Å². The van der Waals surface area contributed by atoms with Crippen molar-refractivity contribution >= 4 is 38.5 Å². The standard InChI is InChI=1S/C19H22ClN3O4S/c1-13-3-4-15(20)9-18(13)22-8-7-14(12-22)11-21-17-6-5-16(28(2,26)27)10-19(17)23(24)25/h3-6,9-10,14,21H,7-8,11-12H2,1-2H3. The maximum atomic E-state index is 11.7. The predicted molar refractivity (Wildman–Crippen MR) is 111 cm³/mol. The second-order valence-electron chi connectivity index (χ2n) is 7.12. The van der Waals surface area contributed by atoms with Crippen LogP contribution in [0.3, 0.4) is 0 Å². The molecule has 1 atom stereocenters. The van der Waals surface area contributed by atoms with Crippen molar-refractivity contribution in [3.8, 4) is 0 Å². The topological polar surface area (TPSA) is 92.6 Å². The number of hydrogen-bond acceptors (Lipinski definition) is 6. The Kier molecular flexibility index (Phi) is 5.81.